The monoisotopic (exact) mass is 317 g/mol. The Morgan fingerprint density at radius 2 is 1.87 bits per heavy atom. The standard InChI is InChI=1S/C20H31NO2/c1-7-9-13-16(3)14-10-11-15-17(22)19(20(4,5)6)21-18(23)12-8-2/h8,10-12,16,19H,13-15H2,1-6H3,(H,21,23)/b11-10-,12-8-/t16-,19+/m0/s1. The normalized spacial score (nSPS) is 14.3. The molecule has 0 fully saturated rings. The Bertz CT molecular complexity index is 498. The Kier molecular flexibility index (Phi) is 9.97. The zero-order valence-corrected chi connectivity index (χ0v) is 15.4. The number of nitrogens with one attached hydrogen (secondary N) is 1. The highest BCUT2D eigenvalue weighted by Crippen LogP contribution is 2.21. The van der Waals surface area contributed by atoms with Crippen molar-refractivity contribution >= 4 is 11.7 Å². The molecule has 0 spiro atoms. The van der Waals surface area contributed by atoms with Crippen molar-refractivity contribution in [3.63, 3.8) is 0 Å². The molecule has 128 valence electrons. The first-order chi connectivity index (χ1) is 10.7. The van der Waals surface area contributed by atoms with Crippen LogP contribution in [-0.4, -0.2) is 17.7 Å². The number of hydrogen-bond donors (Lipinski definition) is 1. The molecule has 0 bridgehead atoms. The molecule has 2 atom stereocenters. The van der Waals surface area contributed by atoms with E-state index in [9.17, 15) is 9.59 Å². The van der Waals surface area contributed by atoms with Gasteiger partial charge in [-0.1, -0.05) is 45.9 Å². The number of allylic oxidation sites excluding steroid dienone is 3. The van der Waals surface area contributed by atoms with Gasteiger partial charge in [0.15, 0.2) is 5.78 Å². The van der Waals surface area contributed by atoms with E-state index >= 15 is 0 Å². The molecular formula is C20H31NO2. The average molecular weight is 317 g/mol. The third kappa shape index (κ3) is 9.73. The van der Waals surface area contributed by atoms with Crippen LogP contribution in [0.1, 0.15) is 60.8 Å². The SMILES string of the molecule is CC#CC[C@H](C)C/C=C\CC(=O)[C@@H](NC(=O)/C=C\C)C(C)(C)C. The van der Waals surface area contributed by atoms with Gasteiger partial charge in [-0.3, -0.25) is 9.59 Å². The summed E-state index contributed by atoms with van der Waals surface area (Å²) >= 11 is 0. The molecule has 3 heteroatoms. The molecule has 0 saturated heterocycles. The van der Waals surface area contributed by atoms with Crippen molar-refractivity contribution in [2.24, 2.45) is 11.3 Å². The van der Waals surface area contributed by atoms with Crippen molar-refractivity contribution in [2.75, 3.05) is 0 Å². The van der Waals surface area contributed by atoms with Gasteiger partial charge in [0, 0.05) is 12.8 Å². The van der Waals surface area contributed by atoms with Crippen LogP contribution in [0.2, 0.25) is 0 Å². The molecule has 0 aliphatic heterocycles. The van der Waals surface area contributed by atoms with Gasteiger partial charge in [-0.15, -0.1) is 11.8 Å². The maximum Gasteiger partial charge on any atom is 0.244 e. The van der Waals surface area contributed by atoms with Crippen LogP contribution in [0.3, 0.4) is 0 Å². The van der Waals surface area contributed by atoms with Crippen molar-refractivity contribution in [1.82, 2.24) is 5.32 Å². The Hall–Kier alpha value is -1.82. The third-order valence-electron chi connectivity index (χ3n) is 3.44. The van der Waals surface area contributed by atoms with Crippen LogP contribution >= 0.6 is 0 Å². The van der Waals surface area contributed by atoms with Crippen LogP contribution in [0, 0.1) is 23.2 Å². The highest BCUT2D eigenvalue weighted by molar-refractivity contribution is 5.94. The lowest BCUT2D eigenvalue weighted by Crippen LogP contribution is -2.48. The minimum atomic E-state index is -0.487. The summed E-state index contributed by atoms with van der Waals surface area (Å²) in [6.45, 7) is 11.6. The highest BCUT2D eigenvalue weighted by atomic mass is 16.2. The quantitative estimate of drug-likeness (QED) is 0.417. The van der Waals surface area contributed by atoms with E-state index in [-0.39, 0.29) is 17.1 Å². The second-order valence-corrected chi connectivity index (χ2v) is 6.92. The van der Waals surface area contributed by atoms with Gasteiger partial charge in [-0.05, 0) is 37.7 Å². The summed E-state index contributed by atoms with van der Waals surface area (Å²) < 4.78 is 0. The Labute approximate surface area is 141 Å². The summed E-state index contributed by atoms with van der Waals surface area (Å²) in [5.74, 6) is 6.25. The predicted octanol–water partition coefficient (Wildman–Crippen LogP) is 4.05. The fourth-order valence-corrected chi connectivity index (χ4v) is 2.13. The van der Waals surface area contributed by atoms with E-state index in [2.05, 4.69) is 24.1 Å². The highest BCUT2D eigenvalue weighted by Gasteiger charge is 2.31. The van der Waals surface area contributed by atoms with E-state index in [0.29, 0.717) is 12.3 Å². The molecule has 0 heterocycles. The zero-order chi connectivity index (χ0) is 17.9. The maximum absolute atomic E-state index is 12.4. The van der Waals surface area contributed by atoms with Crippen molar-refractivity contribution < 1.29 is 9.59 Å². The first-order valence-electron chi connectivity index (χ1n) is 8.22. The number of hydrogen-bond acceptors (Lipinski definition) is 2. The average Bonchev–Trinajstić information content (AvgIpc) is 2.46. The van der Waals surface area contributed by atoms with E-state index in [1.807, 2.05) is 39.8 Å². The van der Waals surface area contributed by atoms with E-state index in [1.54, 1.807) is 13.0 Å². The van der Waals surface area contributed by atoms with Gasteiger partial charge in [-0.2, -0.15) is 0 Å². The fraction of sp³-hybridized carbons (Fsp3) is 0.600. The van der Waals surface area contributed by atoms with Crippen molar-refractivity contribution in [1.29, 1.82) is 0 Å². The van der Waals surface area contributed by atoms with Crippen LogP contribution in [0.15, 0.2) is 24.3 Å². The van der Waals surface area contributed by atoms with Gasteiger partial charge in [0.1, 0.15) is 0 Å². The van der Waals surface area contributed by atoms with Crippen molar-refractivity contribution in [3.05, 3.63) is 24.3 Å². The zero-order valence-electron chi connectivity index (χ0n) is 15.4. The fourth-order valence-electron chi connectivity index (χ4n) is 2.13. The Morgan fingerprint density at radius 3 is 2.39 bits per heavy atom. The van der Waals surface area contributed by atoms with Crippen LogP contribution in [0.4, 0.5) is 0 Å². The second kappa shape index (κ2) is 10.8. The summed E-state index contributed by atoms with van der Waals surface area (Å²) in [5.41, 5.74) is -0.313. The molecule has 3 nitrogen and oxygen atoms in total. The molecule has 1 N–H and O–H groups in total. The summed E-state index contributed by atoms with van der Waals surface area (Å²) in [5, 5.41) is 2.81. The van der Waals surface area contributed by atoms with Gasteiger partial charge < -0.3 is 5.32 Å². The molecular weight excluding hydrogens is 286 g/mol. The maximum atomic E-state index is 12.4. The van der Waals surface area contributed by atoms with Gasteiger partial charge in [0.25, 0.3) is 0 Å². The molecule has 0 aromatic rings. The van der Waals surface area contributed by atoms with E-state index < -0.39 is 6.04 Å². The van der Waals surface area contributed by atoms with Crippen LogP contribution < -0.4 is 5.32 Å². The predicted molar refractivity (Wildman–Crippen MR) is 96.8 cm³/mol. The van der Waals surface area contributed by atoms with Crippen LogP contribution in [-0.2, 0) is 9.59 Å². The lowest BCUT2D eigenvalue weighted by Gasteiger charge is -2.29. The van der Waals surface area contributed by atoms with Gasteiger partial charge in [-0.25, -0.2) is 0 Å². The molecule has 0 saturated carbocycles. The first-order valence-corrected chi connectivity index (χ1v) is 8.22. The number of amides is 1. The largest absolute Gasteiger partial charge is 0.342 e. The topological polar surface area (TPSA) is 46.2 Å². The molecule has 0 unspecified atom stereocenters. The number of ketones is 1. The van der Waals surface area contributed by atoms with E-state index in [4.69, 9.17) is 0 Å². The molecule has 1 amide bonds. The van der Waals surface area contributed by atoms with Gasteiger partial charge in [0.2, 0.25) is 5.91 Å². The summed E-state index contributed by atoms with van der Waals surface area (Å²) in [4.78, 5) is 24.2. The van der Waals surface area contributed by atoms with Gasteiger partial charge >= 0.3 is 0 Å². The molecule has 0 aliphatic rings. The Balaban J connectivity index is 4.60. The van der Waals surface area contributed by atoms with Crippen molar-refractivity contribution in [3.8, 4) is 11.8 Å². The molecule has 0 radical (unpaired) electrons. The van der Waals surface area contributed by atoms with E-state index in [0.717, 1.165) is 12.8 Å². The van der Waals surface area contributed by atoms with Crippen LogP contribution in [0.25, 0.3) is 0 Å². The Morgan fingerprint density at radius 1 is 1.22 bits per heavy atom. The number of carbonyl (C=O) groups excluding carboxylic acids is 2. The molecule has 0 aromatic carbocycles. The number of Topliss-reactive ketones (excluding diaryl/α,β-unsaturated/α-hetero) is 1. The summed E-state index contributed by atoms with van der Waals surface area (Å²) in [6, 6.07) is -0.487. The number of rotatable bonds is 8. The number of carbonyl (C=O) groups is 2. The lowest BCUT2D eigenvalue weighted by molar-refractivity contribution is -0.127. The smallest absolute Gasteiger partial charge is 0.244 e. The minimum absolute atomic E-state index is 0.0348. The molecule has 0 aromatic heterocycles. The van der Waals surface area contributed by atoms with Crippen molar-refractivity contribution in [2.45, 2.75) is 66.8 Å². The first kappa shape index (κ1) is 21.2. The minimum Gasteiger partial charge on any atom is -0.342 e. The molecule has 0 rings (SSSR count). The molecule has 23 heavy (non-hydrogen) atoms. The summed E-state index contributed by atoms with van der Waals surface area (Å²) in [7, 11) is 0. The third-order valence-corrected chi connectivity index (χ3v) is 3.44. The lowest BCUT2D eigenvalue weighted by atomic mass is 9.83. The van der Waals surface area contributed by atoms with E-state index in [1.165, 1.54) is 6.08 Å². The van der Waals surface area contributed by atoms with Crippen LogP contribution in [0.5, 0.6) is 0 Å². The van der Waals surface area contributed by atoms with Gasteiger partial charge in [0.05, 0.1) is 6.04 Å². The summed E-state index contributed by atoms with van der Waals surface area (Å²) in [6.07, 6.45) is 9.17. The molecule has 0 aliphatic carbocycles. The second-order valence-electron chi connectivity index (χ2n) is 6.92.